The van der Waals surface area contributed by atoms with Gasteiger partial charge in [-0.3, -0.25) is 4.79 Å². The molecule has 1 atom stereocenters. The Hall–Kier alpha value is -2.51. The van der Waals surface area contributed by atoms with Crippen molar-refractivity contribution in [1.29, 1.82) is 0 Å². The molecule has 0 aliphatic heterocycles. The summed E-state index contributed by atoms with van der Waals surface area (Å²) in [6, 6.07) is 5.01. The third kappa shape index (κ3) is 5.12. The molecule has 0 saturated heterocycles. The number of carbonyl (C=O) groups is 2. The molecule has 1 amide bonds. The van der Waals surface area contributed by atoms with Gasteiger partial charge in [-0.25, -0.2) is 4.79 Å². The Bertz CT molecular complexity index is 552. The highest BCUT2D eigenvalue weighted by Gasteiger charge is 2.40. The molecule has 0 heterocycles. The molecule has 0 aliphatic rings. The molecule has 1 rings (SSSR count). The number of amides is 1. The number of benzene rings is 1. The van der Waals surface area contributed by atoms with Crippen LogP contribution in [0.25, 0.3) is 6.08 Å². The minimum Gasteiger partial charge on any atom is -0.497 e. The van der Waals surface area contributed by atoms with Crippen molar-refractivity contribution in [3.8, 4) is 5.75 Å². The van der Waals surface area contributed by atoms with E-state index >= 15 is 0 Å². The molecule has 1 unspecified atom stereocenters. The van der Waals surface area contributed by atoms with Crippen LogP contribution in [0.2, 0.25) is 0 Å². The lowest BCUT2D eigenvalue weighted by Crippen LogP contribution is -2.46. The first-order chi connectivity index (χ1) is 10.3. The van der Waals surface area contributed by atoms with Crippen LogP contribution in [-0.2, 0) is 14.3 Å². The zero-order valence-corrected chi connectivity index (χ0v) is 11.8. The van der Waals surface area contributed by atoms with Crippen molar-refractivity contribution in [2.45, 2.75) is 12.2 Å². The topological polar surface area (TPSA) is 64.6 Å². The van der Waals surface area contributed by atoms with Gasteiger partial charge < -0.3 is 14.8 Å². The molecule has 1 aromatic carbocycles. The van der Waals surface area contributed by atoms with Gasteiger partial charge in [0, 0.05) is 0 Å². The number of rotatable bonds is 5. The fourth-order valence-corrected chi connectivity index (χ4v) is 1.46. The van der Waals surface area contributed by atoms with Crippen LogP contribution in [0.3, 0.4) is 0 Å². The van der Waals surface area contributed by atoms with Gasteiger partial charge in [0.15, 0.2) is 0 Å². The van der Waals surface area contributed by atoms with Crippen LogP contribution in [0, 0.1) is 0 Å². The van der Waals surface area contributed by atoms with Gasteiger partial charge in [-0.05, 0) is 17.7 Å². The summed E-state index contributed by atoms with van der Waals surface area (Å²) in [7, 11) is 2.50. The first kappa shape index (κ1) is 17.5. The summed E-state index contributed by atoms with van der Waals surface area (Å²) in [6.45, 7) is 0. The lowest BCUT2D eigenvalue weighted by Gasteiger charge is -2.14. The lowest BCUT2D eigenvalue weighted by atomic mass is 10.1. The molecule has 8 heteroatoms. The van der Waals surface area contributed by atoms with Crippen LogP contribution in [0.15, 0.2) is 30.3 Å². The van der Waals surface area contributed by atoms with E-state index in [4.69, 9.17) is 4.74 Å². The van der Waals surface area contributed by atoms with Gasteiger partial charge in [0.1, 0.15) is 11.8 Å². The molecule has 120 valence electrons. The molecule has 0 aliphatic carbocycles. The first-order valence-electron chi connectivity index (χ1n) is 6.05. The van der Waals surface area contributed by atoms with Crippen LogP contribution in [0.4, 0.5) is 13.2 Å². The van der Waals surface area contributed by atoms with Gasteiger partial charge in [0.25, 0.3) is 0 Å². The number of hydrogen-bond donors (Lipinski definition) is 1. The molecule has 0 fully saturated rings. The van der Waals surface area contributed by atoms with Crippen molar-refractivity contribution in [2.24, 2.45) is 0 Å². The maximum absolute atomic E-state index is 12.2. The Morgan fingerprint density at radius 1 is 1.18 bits per heavy atom. The fraction of sp³-hybridized carbons (Fsp3) is 0.286. The summed E-state index contributed by atoms with van der Waals surface area (Å²) in [5, 5.41) is 1.55. The average molecular weight is 317 g/mol. The number of methoxy groups -OCH3 is 2. The summed E-state index contributed by atoms with van der Waals surface area (Å²) in [4.78, 5) is 22.3. The third-order valence-electron chi connectivity index (χ3n) is 2.60. The van der Waals surface area contributed by atoms with E-state index in [1.165, 1.54) is 13.2 Å². The lowest BCUT2D eigenvalue weighted by molar-refractivity contribution is -0.175. The van der Waals surface area contributed by atoms with Crippen molar-refractivity contribution in [1.82, 2.24) is 5.32 Å². The Morgan fingerprint density at radius 3 is 2.23 bits per heavy atom. The molecular weight excluding hydrogens is 303 g/mol. The summed E-state index contributed by atoms with van der Waals surface area (Å²) in [6.07, 6.45) is -2.59. The summed E-state index contributed by atoms with van der Waals surface area (Å²) in [5.74, 6) is -2.63. The summed E-state index contributed by atoms with van der Waals surface area (Å²) in [5.41, 5.74) is 0.607. The Morgan fingerprint density at radius 2 is 1.77 bits per heavy atom. The molecular formula is C14H14F3NO4. The molecule has 22 heavy (non-hydrogen) atoms. The predicted octanol–water partition coefficient (Wildman–Crippen LogP) is 1.93. The second kappa shape index (κ2) is 7.48. The zero-order chi connectivity index (χ0) is 16.8. The average Bonchev–Trinajstić information content (AvgIpc) is 2.49. The number of ether oxygens (including phenoxy) is 2. The molecule has 5 nitrogen and oxygen atoms in total. The monoisotopic (exact) mass is 317 g/mol. The maximum Gasteiger partial charge on any atom is 0.471 e. The molecule has 0 saturated carbocycles. The molecule has 0 bridgehead atoms. The smallest absolute Gasteiger partial charge is 0.471 e. The van der Waals surface area contributed by atoms with E-state index < -0.39 is 24.1 Å². The van der Waals surface area contributed by atoms with E-state index in [-0.39, 0.29) is 0 Å². The normalized spacial score (nSPS) is 12.8. The van der Waals surface area contributed by atoms with Gasteiger partial charge in [-0.15, -0.1) is 0 Å². The quantitative estimate of drug-likeness (QED) is 0.843. The highest BCUT2D eigenvalue weighted by Crippen LogP contribution is 2.16. The van der Waals surface area contributed by atoms with E-state index in [9.17, 15) is 22.8 Å². The van der Waals surface area contributed by atoms with E-state index in [1.807, 2.05) is 0 Å². The summed E-state index contributed by atoms with van der Waals surface area (Å²) < 4.78 is 46.0. The Kier molecular flexibility index (Phi) is 5.97. The zero-order valence-electron chi connectivity index (χ0n) is 11.8. The molecule has 1 aromatic rings. The van der Waals surface area contributed by atoms with E-state index in [2.05, 4.69) is 4.74 Å². The largest absolute Gasteiger partial charge is 0.497 e. The number of carbonyl (C=O) groups excluding carboxylic acids is 2. The number of hydrogen-bond acceptors (Lipinski definition) is 4. The highest BCUT2D eigenvalue weighted by atomic mass is 19.4. The van der Waals surface area contributed by atoms with Crippen molar-refractivity contribution >= 4 is 18.0 Å². The van der Waals surface area contributed by atoms with Crippen molar-refractivity contribution < 1.29 is 32.2 Å². The minimum atomic E-state index is -5.08. The van der Waals surface area contributed by atoms with Crippen molar-refractivity contribution in [3.63, 3.8) is 0 Å². The van der Waals surface area contributed by atoms with Crippen LogP contribution in [0.5, 0.6) is 5.75 Å². The number of halogens is 3. The SMILES string of the molecule is COC(=O)C(/C=C/c1ccc(OC)cc1)NC(=O)C(F)(F)F. The van der Waals surface area contributed by atoms with Crippen LogP contribution < -0.4 is 10.1 Å². The fourth-order valence-electron chi connectivity index (χ4n) is 1.46. The third-order valence-corrected chi connectivity index (χ3v) is 2.60. The van der Waals surface area contributed by atoms with E-state index in [0.29, 0.717) is 11.3 Å². The van der Waals surface area contributed by atoms with Gasteiger partial charge in [0.2, 0.25) is 0 Å². The van der Waals surface area contributed by atoms with E-state index in [0.717, 1.165) is 13.2 Å². The molecule has 0 aromatic heterocycles. The molecule has 0 spiro atoms. The predicted molar refractivity (Wildman–Crippen MR) is 72.0 cm³/mol. The first-order valence-corrected chi connectivity index (χ1v) is 6.05. The minimum absolute atomic E-state index is 0.604. The van der Waals surface area contributed by atoms with E-state index in [1.54, 1.807) is 29.6 Å². The Balaban J connectivity index is 2.86. The van der Waals surface area contributed by atoms with Gasteiger partial charge in [0.05, 0.1) is 14.2 Å². The maximum atomic E-state index is 12.2. The van der Waals surface area contributed by atoms with Gasteiger partial charge >= 0.3 is 18.1 Å². The van der Waals surface area contributed by atoms with Crippen LogP contribution in [0.1, 0.15) is 5.56 Å². The highest BCUT2D eigenvalue weighted by molar-refractivity contribution is 5.89. The van der Waals surface area contributed by atoms with Gasteiger partial charge in [-0.2, -0.15) is 13.2 Å². The van der Waals surface area contributed by atoms with Crippen molar-refractivity contribution in [2.75, 3.05) is 14.2 Å². The number of esters is 1. The standard InChI is InChI=1S/C14H14F3NO4/c1-21-10-6-3-9(4-7-10)5-8-11(12(19)22-2)18-13(20)14(15,16)17/h3-8,11H,1-2H3,(H,18,20)/b8-5+. The van der Waals surface area contributed by atoms with Crippen molar-refractivity contribution in [3.05, 3.63) is 35.9 Å². The summed E-state index contributed by atoms with van der Waals surface area (Å²) >= 11 is 0. The van der Waals surface area contributed by atoms with Gasteiger partial charge in [-0.1, -0.05) is 24.3 Å². The van der Waals surface area contributed by atoms with Crippen LogP contribution >= 0.6 is 0 Å². The van der Waals surface area contributed by atoms with Crippen LogP contribution in [-0.4, -0.2) is 38.3 Å². The number of nitrogens with one attached hydrogen (secondary N) is 1. The number of alkyl halides is 3. The second-order valence-electron chi connectivity index (χ2n) is 4.10. The molecule has 0 radical (unpaired) electrons. The molecule has 1 N–H and O–H groups in total. The second-order valence-corrected chi connectivity index (χ2v) is 4.10. The Labute approximate surface area is 124 Å².